The first-order valence-electron chi connectivity index (χ1n) is 8.54. The van der Waals surface area contributed by atoms with Crippen molar-refractivity contribution in [3.8, 4) is 6.07 Å². The number of halogens is 4. The van der Waals surface area contributed by atoms with Crippen LogP contribution in [0.15, 0.2) is 53.5 Å². The Balaban J connectivity index is 0.00000392. The average Bonchev–Trinajstić information content (AvgIpc) is 2.66. The predicted octanol–water partition coefficient (Wildman–Crippen LogP) is 5.01. The summed E-state index contributed by atoms with van der Waals surface area (Å²) in [7, 11) is 0. The Hall–Kier alpha value is -2.28. The van der Waals surface area contributed by atoms with Crippen LogP contribution in [0, 0.1) is 11.3 Å². The van der Waals surface area contributed by atoms with Gasteiger partial charge >= 0.3 is 6.18 Å². The molecule has 1 atom stereocenters. The summed E-state index contributed by atoms with van der Waals surface area (Å²) in [4.78, 5) is 4.47. The molecule has 0 aliphatic rings. The first-order chi connectivity index (χ1) is 12.8. The van der Waals surface area contributed by atoms with Crippen LogP contribution in [0.25, 0.3) is 0 Å². The van der Waals surface area contributed by atoms with E-state index in [0.29, 0.717) is 30.2 Å². The van der Waals surface area contributed by atoms with Crippen LogP contribution in [-0.2, 0) is 12.7 Å². The summed E-state index contributed by atoms with van der Waals surface area (Å²) in [5, 5.41) is 15.0. The summed E-state index contributed by atoms with van der Waals surface area (Å²) in [6.07, 6.45) is -4.37. The second-order valence-electron chi connectivity index (χ2n) is 5.99. The molecule has 0 bridgehead atoms. The molecule has 0 aliphatic carbocycles. The van der Waals surface area contributed by atoms with Gasteiger partial charge in [-0.2, -0.15) is 18.4 Å². The molecule has 0 saturated carbocycles. The smallest absolute Gasteiger partial charge is 0.357 e. The van der Waals surface area contributed by atoms with Crippen LogP contribution >= 0.6 is 24.0 Å². The van der Waals surface area contributed by atoms with Gasteiger partial charge in [-0.25, -0.2) is 4.99 Å². The van der Waals surface area contributed by atoms with Gasteiger partial charge in [0, 0.05) is 6.54 Å². The van der Waals surface area contributed by atoms with Gasteiger partial charge in [-0.3, -0.25) is 0 Å². The Morgan fingerprint density at radius 3 is 2.43 bits per heavy atom. The first-order valence-corrected chi connectivity index (χ1v) is 8.54. The van der Waals surface area contributed by atoms with Gasteiger partial charge in [0.05, 0.1) is 29.8 Å². The summed E-state index contributed by atoms with van der Waals surface area (Å²) in [6, 6.07) is 14.0. The molecule has 0 amide bonds. The van der Waals surface area contributed by atoms with E-state index in [2.05, 4.69) is 21.7 Å². The van der Waals surface area contributed by atoms with E-state index >= 15 is 0 Å². The molecule has 2 aromatic rings. The SMILES string of the molecule is CCNC(=NCc1ccc(C#N)cc1)NC(C)c1cccc(C(F)(F)F)c1.I. The zero-order valence-corrected chi connectivity index (χ0v) is 17.9. The first kappa shape index (κ1) is 23.8. The maximum Gasteiger partial charge on any atom is 0.416 e. The van der Waals surface area contributed by atoms with Gasteiger partial charge in [0.1, 0.15) is 0 Å². The summed E-state index contributed by atoms with van der Waals surface area (Å²) in [5.41, 5.74) is 1.35. The van der Waals surface area contributed by atoms with E-state index < -0.39 is 11.7 Å². The molecule has 4 nitrogen and oxygen atoms in total. The second kappa shape index (κ2) is 10.9. The standard InChI is InChI=1S/C20H21F3N4.HI/c1-3-25-19(26-13-16-9-7-15(12-24)8-10-16)27-14(2)17-5-4-6-18(11-17)20(21,22)23;/h4-11,14H,3,13H2,1-2H3,(H2,25,26,27);1H. The average molecular weight is 502 g/mol. The molecule has 0 aliphatic heterocycles. The fraction of sp³-hybridized carbons (Fsp3) is 0.300. The lowest BCUT2D eigenvalue weighted by Gasteiger charge is -2.19. The Bertz CT molecular complexity index is 827. The highest BCUT2D eigenvalue weighted by atomic mass is 127. The fourth-order valence-corrected chi connectivity index (χ4v) is 2.45. The Morgan fingerprint density at radius 2 is 1.86 bits per heavy atom. The fourth-order valence-electron chi connectivity index (χ4n) is 2.45. The molecule has 150 valence electrons. The molecule has 0 heterocycles. The molecule has 0 spiro atoms. The number of rotatable bonds is 5. The van der Waals surface area contributed by atoms with Gasteiger partial charge in [-0.1, -0.05) is 24.3 Å². The summed E-state index contributed by atoms with van der Waals surface area (Å²) in [5.74, 6) is 0.506. The molecule has 0 radical (unpaired) electrons. The van der Waals surface area contributed by atoms with E-state index in [0.717, 1.165) is 17.7 Å². The van der Waals surface area contributed by atoms with Crippen molar-refractivity contribution in [3.63, 3.8) is 0 Å². The van der Waals surface area contributed by atoms with Gasteiger partial charge < -0.3 is 10.6 Å². The van der Waals surface area contributed by atoms with Crippen LogP contribution in [0.3, 0.4) is 0 Å². The van der Waals surface area contributed by atoms with Gasteiger partial charge in [0.15, 0.2) is 5.96 Å². The van der Waals surface area contributed by atoms with E-state index in [-0.39, 0.29) is 30.0 Å². The minimum atomic E-state index is -4.37. The van der Waals surface area contributed by atoms with Crippen molar-refractivity contribution in [2.24, 2.45) is 4.99 Å². The van der Waals surface area contributed by atoms with Crippen LogP contribution < -0.4 is 10.6 Å². The number of nitriles is 1. The minimum absolute atomic E-state index is 0. The Morgan fingerprint density at radius 1 is 1.18 bits per heavy atom. The van der Waals surface area contributed by atoms with Crippen LogP contribution in [0.4, 0.5) is 13.2 Å². The molecule has 0 fully saturated rings. The molecular weight excluding hydrogens is 480 g/mol. The number of hydrogen-bond acceptors (Lipinski definition) is 2. The molecule has 0 aromatic heterocycles. The van der Waals surface area contributed by atoms with Crippen LogP contribution in [0.1, 0.15) is 42.1 Å². The number of benzene rings is 2. The number of nitrogens with one attached hydrogen (secondary N) is 2. The minimum Gasteiger partial charge on any atom is -0.357 e. The lowest BCUT2D eigenvalue weighted by Crippen LogP contribution is -2.38. The number of nitrogens with zero attached hydrogens (tertiary/aromatic N) is 2. The van der Waals surface area contributed by atoms with Crippen molar-refractivity contribution in [1.82, 2.24) is 10.6 Å². The zero-order chi connectivity index (χ0) is 19.9. The quantitative estimate of drug-likeness (QED) is 0.344. The topological polar surface area (TPSA) is 60.2 Å². The van der Waals surface area contributed by atoms with Crippen molar-refractivity contribution in [2.75, 3.05) is 6.54 Å². The van der Waals surface area contributed by atoms with Crippen molar-refractivity contribution >= 4 is 29.9 Å². The van der Waals surface area contributed by atoms with Crippen molar-refractivity contribution in [3.05, 3.63) is 70.8 Å². The van der Waals surface area contributed by atoms with Crippen LogP contribution in [0.2, 0.25) is 0 Å². The molecule has 28 heavy (non-hydrogen) atoms. The van der Waals surface area contributed by atoms with E-state index in [4.69, 9.17) is 5.26 Å². The maximum atomic E-state index is 12.9. The summed E-state index contributed by atoms with van der Waals surface area (Å²) >= 11 is 0. The summed E-state index contributed by atoms with van der Waals surface area (Å²) < 4.78 is 38.7. The van der Waals surface area contributed by atoms with Gasteiger partial charge in [0.25, 0.3) is 0 Å². The predicted molar refractivity (Wildman–Crippen MR) is 114 cm³/mol. The van der Waals surface area contributed by atoms with Gasteiger partial charge in [0.2, 0.25) is 0 Å². The number of hydrogen-bond donors (Lipinski definition) is 2. The highest BCUT2D eigenvalue weighted by molar-refractivity contribution is 14.0. The number of guanidine groups is 1. The van der Waals surface area contributed by atoms with Crippen molar-refractivity contribution in [2.45, 2.75) is 32.6 Å². The maximum absolute atomic E-state index is 12.9. The zero-order valence-electron chi connectivity index (χ0n) is 15.5. The third-order valence-corrected chi connectivity index (χ3v) is 3.91. The highest BCUT2D eigenvalue weighted by Gasteiger charge is 2.30. The molecule has 2 rings (SSSR count). The van der Waals surface area contributed by atoms with E-state index in [1.165, 1.54) is 6.07 Å². The second-order valence-corrected chi connectivity index (χ2v) is 5.99. The summed E-state index contributed by atoms with van der Waals surface area (Å²) in [6.45, 7) is 4.70. The third kappa shape index (κ3) is 7.03. The largest absolute Gasteiger partial charge is 0.416 e. The van der Waals surface area contributed by atoms with E-state index in [1.54, 1.807) is 25.1 Å². The molecule has 2 aromatic carbocycles. The molecule has 2 N–H and O–H groups in total. The van der Waals surface area contributed by atoms with E-state index in [1.807, 2.05) is 19.1 Å². The monoisotopic (exact) mass is 502 g/mol. The van der Waals surface area contributed by atoms with Crippen molar-refractivity contribution in [1.29, 1.82) is 5.26 Å². The highest BCUT2D eigenvalue weighted by Crippen LogP contribution is 2.30. The normalized spacial score (nSPS) is 12.5. The molecular formula is C20H22F3IN4. The van der Waals surface area contributed by atoms with Crippen molar-refractivity contribution < 1.29 is 13.2 Å². The Labute approximate surface area is 179 Å². The van der Waals surface area contributed by atoms with E-state index in [9.17, 15) is 13.2 Å². The van der Waals surface area contributed by atoms with Gasteiger partial charge in [-0.15, -0.1) is 24.0 Å². The van der Waals surface area contributed by atoms with Crippen LogP contribution in [0.5, 0.6) is 0 Å². The lowest BCUT2D eigenvalue weighted by molar-refractivity contribution is -0.137. The number of aliphatic imine (C=N–C) groups is 1. The van der Waals surface area contributed by atoms with Gasteiger partial charge in [-0.05, 0) is 49.2 Å². The van der Waals surface area contributed by atoms with Crippen LogP contribution in [-0.4, -0.2) is 12.5 Å². The Kier molecular flexibility index (Phi) is 9.25. The lowest BCUT2D eigenvalue weighted by atomic mass is 10.1. The number of alkyl halides is 3. The molecule has 1 unspecified atom stereocenters. The molecule has 8 heteroatoms. The molecule has 0 saturated heterocycles. The third-order valence-electron chi connectivity index (χ3n) is 3.91.